The predicted octanol–water partition coefficient (Wildman–Crippen LogP) is 4.64. The predicted molar refractivity (Wildman–Crippen MR) is 91.8 cm³/mol. The molecule has 1 N–H and O–H groups in total. The van der Waals surface area contributed by atoms with E-state index in [2.05, 4.69) is 44.1 Å². The normalized spacial score (nSPS) is 14.7. The van der Waals surface area contributed by atoms with Crippen molar-refractivity contribution in [2.75, 3.05) is 26.7 Å². The molecule has 4 heteroatoms. The molecule has 1 aromatic rings. The summed E-state index contributed by atoms with van der Waals surface area (Å²) in [5.41, 5.74) is 0.347. The number of nitrogens with one attached hydrogen (secondary N) is 1. The van der Waals surface area contributed by atoms with E-state index in [0.717, 1.165) is 30.5 Å². The zero-order valence-electron chi connectivity index (χ0n) is 13.3. The molecule has 2 nitrogen and oxygen atoms in total. The minimum absolute atomic E-state index is 0.347. The van der Waals surface area contributed by atoms with E-state index >= 15 is 0 Å². The molecule has 0 bridgehead atoms. The molecule has 0 spiro atoms. The van der Waals surface area contributed by atoms with E-state index in [1.165, 1.54) is 24.1 Å². The highest BCUT2D eigenvalue weighted by Gasteiger charge is 2.24. The molecule has 0 aliphatic carbocycles. The van der Waals surface area contributed by atoms with E-state index in [-0.39, 0.29) is 0 Å². The molecule has 116 valence electrons. The lowest BCUT2D eigenvalue weighted by Gasteiger charge is -2.34. The average Bonchev–Trinajstić information content (AvgIpc) is 2.74. The summed E-state index contributed by atoms with van der Waals surface area (Å²) in [6.07, 6.45) is 3.70. The quantitative estimate of drug-likeness (QED) is 0.633. The third-order valence-electron chi connectivity index (χ3n) is 3.54. The van der Waals surface area contributed by atoms with Gasteiger partial charge in [-0.3, -0.25) is 0 Å². The summed E-state index contributed by atoms with van der Waals surface area (Å²) in [6.45, 7) is 11.2. The van der Waals surface area contributed by atoms with Crippen molar-refractivity contribution in [2.45, 2.75) is 46.6 Å². The van der Waals surface area contributed by atoms with Crippen LogP contribution in [0.2, 0.25) is 4.34 Å². The van der Waals surface area contributed by atoms with E-state index in [1.807, 2.05) is 6.07 Å². The average molecular weight is 317 g/mol. The Hall–Kier alpha value is -0.0900. The summed E-state index contributed by atoms with van der Waals surface area (Å²) in [5.74, 6) is 0. The lowest BCUT2D eigenvalue weighted by Crippen LogP contribution is -2.41. The van der Waals surface area contributed by atoms with Gasteiger partial charge in [0, 0.05) is 24.5 Å². The molecule has 20 heavy (non-hydrogen) atoms. The Balaban J connectivity index is 2.50. The fraction of sp³-hybridized carbons (Fsp3) is 0.750. The van der Waals surface area contributed by atoms with Gasteiger partial charge in [-0.05, 0) is 44.0 Å². The Morgan fingerprint density at radius 3 is 2.60 bits per heavy atom. The summed E-state index contributed by atoms with van der Waals surface area (Å²) in [7, 11) is 2.21. The minimum atomic E-state index is 0.347. The van der Waals surface area contributed by atoms with Gasteiger partial charge in [0.25, 0.3) is 0 Å². The van der Waals surface area contributed by atoms with E-state index in [1.54, 1.807) is 11.3 Å². The molecule has 0 saturated carbocycles. The van der Waals surface area contributed by atoms with Crippen molar-refractivity contribution in [1.29, 1.82) is 0 Å². The molecule has 1 aromatic heterocycles. The Kier molecular flexibility index (Phi) is 8.11. The first kappa shape index (κ1) is 18.0. The van der Waals surface area contributed by atoms with Crippen LogP contribution in [0.3, 0.4) is 0 Å². The van der Waals surface area contributed by atoms with Gasteiger partial charge in [0.2, 0.25) is 0 Å². The van der Waals surface area contributed by atoms with Gasteiger partial charge in [-0.15, -0.1) is 11.3 Å². The van der Waals surface area contributed by atoms with Gasteiger partial charge in [-0.1, -0.05) is 38.8 Å². The van der Waals surface area contributed by atoms with Gasteiger partial charge in [0.1, 0.15) is 0 Å². The molecular formula is C16H29ClN2S. The third-order valence-corrected chi connectivity index (χ3v) is 4.75. The van der Waals surface area contributed by atoms with Crippen LogP contribution in [0.15, 0.2) is 12.1 Å². The topological polar surface area (TPSA) is 15.3 Å². The number of nitrogens with zero attached hydrogens (tertiary/aromatic N) is 1. The molecule has 1 atom stereocenters. The minimum Gasteiger partial charge on any atom is -0.316 e. The van der Waals surface area contributed by atoms with Crippen LogP contribution in [0.4, 0.5) is 0 Å². The molecule has 1 unspecified atom stereocenters. The van der Waals surface area contributed by atoms with Crippen molar-refractivity contribution in [3.8, 4) is 0 Å². The summed E-state index contributed by atoms with van der Waals surface area (Å²) in [5, 5.41) is 3.59. The Labute approximate surface area is 133 Å². The van der Waals surface area contributed by atoms with Gasteiger partial charge >= 0.3 is 0 Å². The van der Waals surface area contributed by atoms with E-state index in [9.17, 15) is 0 Å². The van der Waals surface area contributed by atoms with Crippen LogP contribution in [-0.2, 0) is 6.54 Å². The monoisotopic (exact) mass is 316 g/mol. The molecule has 1 rings (SSSR count). The van der Waals surface area contributed by atoms with Crippen molar-refractivity contribution < 1.29 is 0 Å². The molecule has 1 heterocycles. The van der Waals surface area contributed by atoms with E-state index in [0.29, 0.717) is 5.41 Å². The van der Waals surface area contributed by atoms with Gasteiger partial charge in [-0.2, -0.15) is 0 Å². The van der Waals surface area contributed by atoms with Gasteiger partial charge in [-0.25, -0.2) is 0 Å². The first-order chi connectivity index (χ1) is 9.49. The van der Waals surface area contributed by atoms with Gasteiger partial charge < -0.3 is 10.2 Å². The summed E-state index contributed by atoms with van der Waals surface area (Å²) in [4.78, 5) is 3.77. The van der Waals surface area contributed by atoms with Crippen molar-refractivity contribution in [3.63, 3.8) is 0 Å². The fourth-order valence-electron chi connectivity index (χ4n) is 2.80. The van der Waals surface area contributed by atoms with Crippen LogP contribution in [0.5, 0.6) is 0 Å². The highest BCUT2D eigenvalue weighted by Crippen LogP contribution is 2.26. The molecule has 0 fully saturated rings. The second kappa shape index (κ2) is 9.04. The number of hydrogen-bond acceptors (Lipinski definition) is 3. The SMILES string of the molecule is CCCNCC(C)(CCC)CN(C)Cc1ccc(Cl)s1. The summed E-state index contributed by atoms with van der Waals surface area (Å²) < 4.78 is 0.884. The van der Waals surface area contributed by atoms with Crippen LogP contribution < -0.4 is 5.32 Å². The molecule has 0 aromatic carbocycles. The maximum Gasteiger partial charge on any atom is 0.0931 e. The van der Waals surface area contributed by atoms with Crippen molar-refractivity contribution >= 4 is 22.9 Å². The maximum absolute atomic E-state index is 6.00. The molecule has 0 radical (unpaired) electrons. The number of rotatable bonds is 10. The van der Waals surface area contributed by atoms with Crippen molar-refractivity contribution in [3.05, 3.63) is 21.3 Å². The first-order valence-corrected chi connectivity index (χ1v) is 8.82. The maximum atomic E-state index is 6.00. The molecular weight excluding hydrogens is 288 g/mol. The Bertz CT molecular complexity index is 380. The highest BCUT2D eigenvalue weighted by molar-refractivity contribution is 7.16. The molecule has 0 aliphatic rings. The van der Waals surface area contributed by atoms with Crippen LogP contribution >= 0.6 is 22.9 Å². The third kappa shape index (κ3) is 6.57. The van der Waals surface area contributed by atoms with E-state index in [4.69, 9.17) is 11.6 Å². The lowest BCUT2D eigenvalue weighted by atomic mass is 9.85. The van der Waals surface area contributed by atoms with Crippen LogP contribution in [-0.4, -0.2) is 31.6 Å². The number of hydrogen-bond donors (Lipinski definition) is 1. The van der Waals surface area contributed by atoms with Crippen LogP contribution in [0.25, 0.3) is 0 Å². The van der Waals surface area contributed by atoms with Gasteiger partial charge in [0.15, 0.2) is 0 Å². The van der Waals surface area contributed by atoms with Crippen LogP contribution in [0, 0.1) is 5.41 Å². The first-order valence-electron chi connectivity index (χ1n) is 7.62. The lowest BCUT2D eigenvalue weighted by molar-refractivity contribution is 0.169. The Morgan fingerprint density at radius 1 is 1.30 bits per heavy atom. The summed E-state index contributed by atoms with van der Waals surface area (Å²) in [6, 6.07) is 4.12. The van der Waals surface area contributed by atoms with E-state index < -0.39 is 0 Å². The largest absolute Gasteiger partial charge is 0.316 e. The number of thiophene rings is 1. The standard InChI is InChI=1S/C16H29ClN2S/c1-5-9-16(3,12-18-10-6-2)13-19(4)11-14-7-8-15(17)20-14/h7-8,18H,5-6,9-13H2,1-4H3. The second-order valence-electron chi connectivity index (χ2n) is 6.12. The second-order valence-corrected chi connectivity index (χ2v) is 7.92. The summed E-state index contributed by atoms with van der Waals surface area (Å²) >= 11 is 7.69. The van der Waals surface area contributed by atoms with Crippen molar-refractivity contribution in [1.82, 2.24) is 10.2 Å². The Morgan fingerprint density at radius 2 is 2.05 bits per heavy atom. The molecule has 0 saturated heterocycles. The smallest absolute Gasteiger partial charge is 0.0931 e. The van der Waals surface area contributed by atoms with Crippen LogP contribution in [0.1, 0.15) is 44.9 Å². The van der Waals surface area contributed by atoms with Crippen molar-refractivity contribution in [2.24, 2.45) is 5.41 Å². The number of halogens is 1. The molecule has 0 aliphatic heterocycles. The molecule has 0 amide bonds. The highest BCUT2D eigenvalue weighted by atomic mass is 35.5. The van der Waals surface area contributed by atoms with Gasteiger partial charge in [0.05, 0.1) is 4.34 Å². The fourth-order valence-corrected chi connectivity index (χ4v) is 3.97. The zero-order valence-corrected chi connectivity index (χ0v) is 14.9. The zero-order chi connectivity index (χ0) is 15.0.